The number of aryl methyl sites for hydroxylation is 2. The Kier molecular flexibility index (Phi) is 5.25. The van der Waals surface area contributed by atoms with E-state index in [9.17, 15) is 13.2 Å². The Labute approximate surface area is 141 Å². The lowest BCUT2D eigenvalue weighted by Crippen LogP contribution is -2.14. The number of nitrogens with one attached hydrogen (secondary N) is 1. The molecular formula is C17H17N3O3S. The van der Waals surface area contributed by atoms with E-state index < -0.39 is 15.9 Å². The standard InChI is InChI=1S/C17H17N3O3S/c1-4-16(21)19-18-14-8-10-15(11-9-14)24(22,23)20-17-12(2)6-5-7-13(17)3/h4-11,20H,1H2,2-3H3. The highest BCUT2D eigenvalue weighted by Crippen LogP contribution is 2.24. The van der Waals surface area contributed by atoms with Crippen LogP contribution in [0.2, 0.25) is 0 Å². The lowest BCUT2D eigenvalue weighted by atomic mass is 10.1. The second-order valence-electron chi connectivity index (χ2n) is 5.11. The maximum absolute atomic E-state index is 12.5. The van der Waals surface area contributed by atoms with Crippen molar-refractivity contribution in [3.05, 3.63) is 66.2 Å². The zero-order valence-electron chi connectivity index (χ0n) is 13.4. The molecule has 24 heavy (non-hydrogen) atoms. The SMILES string of the molecule is C=CC(=O)N=Nc1ccc(S(=O)(=O)Nc2c(C)cccc2C)cc1. The van der Waals surface area contributed by atoms with Crippen molar-refractivity contribution in [2.45, 2.75) is 18.7 Å². The molecular weight excluding hydrogens is 326 g/mol. The summed E-state index contributed by atoms with van der Waals surface area (Å²) in [7, 11) is -3.72. The molecule has 2 aromatic carbocycles. The number of amides is 1. The Balaban J connectivity index is 2.25. The summed E-state index contributed by atoms with van der Waals surface area (Å²) in [5.41, 5.74) is 2.62. The number of sulfonamides is 1. The number of hydrogen-bond acceptors (Lipinski definition) is 4. The predicted molar refractivity (Wildman–Crippen MR) is 92.9 cm³/mol. The molecule has 0 bridgehead atoms. The van der Waals surface area contributed by atoms with Gasteiger partial charge < -0.3 is 0 Å². The molecule has 6 nitrogen and oxygen atoms in total. The molecule has 0 spiro atoms. The van der Waals surface area contributed by atoms with Gasteiger partial charge in [0.15, 0.2) is 0 Å². The highest BCUT2D eigenvalue weighted by Gasteiger charge is 2.16. The summed E-state index contributed by atoms with van der Waals surface area (Å²) in [6.07, 6.45) is 1.04. The van der Waals surface area contributed by atoms with Crippen LogP contribution >= 0.6 is 0 Å². The second kappa shape index (κ2) is 7.18. The van der Waals surface area contributed by atoms with Crippen LogP contribution in [0.5, 0.6) is 0 Å². The van der Waals surface area contributed by atoms with Gasteiger partial charge in [0.1, 0.15) is 0 Å². The van der Waals surface area contributed by atoms with Crippen molar-refractivity contribution in [2.24, 2.45) is 10.2 Å². The third-order valence-corrected chi connectivity index (χ3v) is 4.67. The van der Waals surface area contributed by atoms with E-state index in [0.29, 0.717) is 11.4 Å². The Morgan fingerprint density at radius 3 is 2.21 bits per heavy atom. The van der Waals surface area contributed by atoms with Crippen LogP contribution < -0.4 is 4.72 Å². The fourth-order valence-electron chi connectivity index (χ4n) is 2.01. The summed E-state index contributed by atoms with van der Waals surface area (Å²) in [5, 5.41) is 7.10. The van der Waals surface area contributed by atoms with Gasteiger partial charge in [-0.05, 0) is 55.3 Å². The number of hydrogen-bond donors (Lipinski definition) is 1. The molecule has 0 unspecified atom stereocenters. The van der Waals surface area contributed by atoms with Gasteiger partial charge in [-0.15, -0.1) is 10.2 Å². The zero-order valence-corrected chi connectivity index (χ0v) is 14.2. The van der Waals surface area contributed by atoms with Crippen molar-refractivity contribution in [3.8, 4) is 0 Å². The van der Waals surface area contributed by atoms with E-state index in [1.807, 2.05) is 32.0 Å². The first kappa shape index (κ1) is 17.6. The third-order valence-electron chi connectivity index (χ3n) is 3.30. The molecule has 0 radical (unpaired) electrons. The molecule has 124 valence electrons. The maximum Gasteiger partial charge on any atom is 0.287 e. The lowest BCUT2D eigenvalue weighted by molar-refractivity contribution is -0.113. The molecule has 0 saturated carbocycles. The third kappa shape index (κ3) is 4.14. The first-order valence-electron chi connectivity index (χ1n) is 7.11. The predicted octanol–water partition coefficient (Wildman–Crippen LogP) is 3.90. The van der Waals surface area contributed by atoms with E-state index in [-0.39, 0.29) is 4.90 Å². The van der Waals surface area contributed by atoms with Gasteiger partial charge in [-0.1, -0.05) is 24.8 Å². The minimum absolute atomic E-state index is 0.0964. The van der Waals surface area contributed by atoms with Gasteiger partial charge in [-0.3, -0.25) is 9.52 Å². The van der Waals surface area contributed by atoms with Gasteiger partial charge >= 0.3 is 0 Å². The molecule has 0 atom stereocenters. The van der Waals surface area contributed by atoms with E-state index in [0.717, 1.165) is 17.2 Å². The molecule has 0 aromatic heterocycles. The first-order valence-corrected chi connectivity index (χ1v) is 8.59. The largest absolute Gasteiger partial charge is 0.287 e. The number of anilines is 1. The van der Waals surface area contributed by atoms with Crippen LogP contribution in [-0.4, -0.2) is 14.3 Å². The fourth-order valence-corrected chi connectivity index (χ4v) is 3.21. The summed E-state index contributed by atoms with van der Waals surface area (Å²) in [4.78, 5) is 11.1. The lowest BCUT2D eigenvalue weighted by Gasteiger charge is -2.13. The van der Waals surface area contributed by atoms with Gasteiger partial charge in [0.2, 0.25) is 0 Å². The molecule has 0 fully saturated rings. The summed E-state index contributed by atoms with van der Waals surface area (Å²) in [5.74, 6) is -0.566. The van der Waals surface area contributed by atoms with Crippen LogP contribution in [0, 0.1) is 13.8 Å². The van der Waals surface area contributed by atoms with E-state index >= 15 is 0 Å². The number of para-hydroxylation sites is 1. The van der Waals surface area contributed by atoms with E-state index in [1.165, 1.54) is 24.3 Å². The van der Waals surface area contributed by atoms with Crippen molar-refractivity contribution in [1.82, 2.24) is 0 Å². The molecule has 0 aliphatic heterocycles. The van der Waals surface area contributed by atoms with E-state index in [2.05, 4.69) is 21.5 Å². The Morgan fingerprint density at radius 1 is 1.08 bits per heavy atom. The minimum Gasteiger partial charge on any atom is -0.279 e. The molecule has 7 heteroatoms. The summed E-state index contributed by atoms with van der Waals surface area (Å²) in [6.45, 7) is 6.96. The monoisotopic (exact) mass is 343 g/mol. The molecule has 0 heterocycles. The average molecular weight is 343 g/mol. The summed E-state index contributed by atoms with van der Waals surface area (Å²) in [6, 6.07) is 11.3. The van der Waals surface area contributed by atoms with Crippen molar-refractivity contribution in [3.63, 3.8) is 0 Å². The Morgan fingerprint density at radius 2 is 1.67 bits per heavy atom. The zero-order chi connectivity index (χ0) is 17.7. The fraction of sp³-hybridized carbons (Fsp3) is 0.118. The topological polar surface area (TPSA) is 88.0 Å². The number of carbonyl (C=O) groups excluding carboxylic acids is 1. The number of benzene rings is 2. The van der Waals surface area contributed by atoms with Crippen LogP contribution in [0.3, 0.4) is 0 Å². The summed E-state index contributed by atoms with van der Waals surface area (Å²) < 4.78 is 27.6. The number of carbonyl (C=O) groups is 1. The highest BCUT2D eigenvalue weighted by molar-refractivity contribution is 7.92. The van der Waals surface area contributed by atoms with Crippen molar-refractivity contribution >= 4 is 27.3 Å². The minimum atomic E-state index is -3.72. The highest BCUT2D eigenvalue weighted by atomic mass is 32.2. The van der Waals surface area contributed by atoms with Gasteiger partial charge in [-0.2, -0.15) is 0 Å². The number of nitrogens with zero attached hydrogens (tertiary/aromatic N) is 2. The van der Waals surface area contributed by atoms with Gasteiger partial charge in [0.25, 0.3) is 15.9 Å². The van der Waals surface area contributed by atoms with Gasteiger partial charge in [-0.25, -0.2) is 8.42 Å². The van der Waals surface area contributed by atoms with E-state index in [4.69, 9.17) is 0 Å². The van der Waals surface area contributed by atoms with Crippen LogP contribution in [0.1, 0.15) is 11.1 Å². The normalized spacial score (nSPS) is 11.4. The Hall–Kier alpha value is -2.80. The average Bonchev–Trinajstić information content (AvgIpc) is 2.56. The number of azo groups is 1. The molecule has 2 aromatic rings. The van der Waals surface area contributed by atoms with E-state index in [1.54, 1.807) is 0 Å². The van der Waals surface area contributed by atoms with Crippen LogP contribution in [0.25, 0.3) is 0 Å². The second-order valence-corrected chi connectivity index (χ2v) is 6.79. The molecule has 2 rings (SSSR count). The first-order chi connectivity index (χ1) is 11.3. The number of rotatable bonds is 5. The molecule has 0 aliphatic carbocycles. The van der Waals surface area contributed by atoms with Crippen molar-refractivity contribution < 1.29 is 13.2 Å². The van der Waals surface area contributed by atoms with Crippen LogP contribution in [0.15, 0.2) is 70.2 Å². The van der Waals surface area contributed by atoms with Gasteiger partial charge in [0.05, 0.1) is 16.3 Å². The van der Waals surface area contributed by atoms with Crippen LogP contribution in [0.4, 0.5) is 11.4 Å². The van der Waals surface area contributed by atoms with Crippen molar-refractivity contribution in [2.75, 3.05) is 4.72 Å². The smallest absolute Gasteiger partial charge is 0.279 e. The van der Waals surface area contributed by atoms with Crippen LogP contribution in [-0.2, 0) is 14.8 Å². The van der Waals surface area contributed by atoms with Crippen molar-refractivity contribution in [1.29, 1.82) is 0 Å². The molecule has 0 aliphatic rings. The Bertz CT molecular complexity index is 881. The van der Waals surface area contributed by atoms with Gasteiger partial charge in [0, 0.05) is 0 Å². The molecule has 1 N–H and O–H groups in total. The summed E-state index contributed by atoms with van der Waals surface area (Å²) >= 11 is 0. The molecule has 1 amide bonds. The quantitative estimate of drug-likeness (QED) is 0.659. The molecule has 0 saturated heterocycles. The maximum atomic E-state index is 12.5.